The number of nitrogens with two attached hydrogens (primary N) is 1. The molecule has 0 radical (unpaired) electrons. The second-order valence-corrected chi connectivity index (χ2v) is 8.05. The summed E-state index contributed by atoms with van der Waals surface area (Å²) in [6.45, 7) is 1.37. The zero-order valence-electron chi connectivity index (χ0n) is 16.2. The Labute approximate surface area is 172 Å². The molecule has 8 heteroatoms. The van der Waals surface area contributed by atoms with Gasteiger partial charge >= 0.3 is 0 Å². The number of nitrogens with one attached hydrogen (secondary N) is 1. The van der Waals surface area contributed by atoms with Crippen molar-refractivity contribution in [3.8, 4) is 11.1 Å². The zero-order chi connectivity index (χ0) is 20.2. The molecule has 3 heterocycles. The van der Waals surface area contributed by atoms with Gasteiger partial charge in [0.05, 0.1) is 23.1 Å². The number of fused-ring (bicyclic) bond motifs is 2. The molecule has 1 aliphatic carbocycles. The van der Waals surface area contributed by atoms with E-state index in [1.807, 2.05) is 36.4 Å². The highest BCUT2D eigenvalue weighted by Gasteiger charge is 2.36. The first kappa shape index (κ1) is 17.2. The lowest BCUT2D eigenvalue weighted by molar-refractivity contribution is -0.125. The Balaban J connectivity index is 1.25. The van der Waals surface area contributed by atoms with Crippen LogP contribution < -0.4 is 16.0 Å². The Morgan fingerprint density at radius 2 is 1.80 bits per heavy atom. The second kappa shape index (κ2) is 6.41. The zero-order valence-corrected chi connectivity index (χ0v) is 16.2. The van der Waals surface area contributed by atoms with Crippen molar-refractivity contribution in [3.63, 3.8) is 0 Å². The van der Waals surface area contributed by atoms with Gasteiger partial charge in [-0.25, -0.2) is 4.98 Å². The number of nitrogens with zero attached hydrogens (tertiary/aromatic N) is 4. The fourth-order valence-corrected chi connectivity index (χ4v) is 3.84. The Morgan fingerprint density at radius 3 is 2.60 bits per heavy atom. The van der Waals surface area contributed by atoms with Crippen LogP contribution in [0.4, 0.5) is 11.8 Å². The van der Waals surface area contributed by atoms with E-state index in [2.05, 4.69) is 20.2 Å². The van der Waals surface area contributed by atoms with E-state index in [9.17, 15) is 4.79 Å². The molecule has 4 aromatic rings. The smallest absolute Gasteiger partial charge is 0.292 e. The molecule has 0 atom stereocenters. The highest BCUT2D eigenvalue weighted by Crippen LogP contribution is 2.29. The quantitative estimate of drug-likeness (QED) is 0.542. The van der Waals surface area contributed by atoms with E-state index in [0.717, 1.165) is 46.3 Å². The third kappa shape index (κ3) is 3.01. The lowest BCUT2D eigenvalue weighted by atomic mass is 9.99. The predicted molar refractivity (Wildman–Crippen MR) is 114 cm³/mol. The van der Waals surface area contributed by atoms with Gasteiger partial charge in [-0.1, -0.05) is 12.1 Å². The molecule has 2 fully saturated rings. The topological polar surface area (TPSA) is 110 Å². The monoisotopic (exact) mass is 400 g/mol. The summed E-state index contributed by atoms with van der Waals surface area (Å²) < 4.78 is 5.35. The van der Waals surface area contributed by atoms with Crippen molar-refractivity contribution in [1.82, 2.24) is 20.3 Å². The molecule has 1 saturated heterocycles. The van der Waals surface area contributed by atoms with Gasteiger partial charge in [-0.05, 0) is 48.2 Å². The molecule has 6 rings (SSSR count). The summed E-state index contributed by atoms with van der Waals surface area (Å²) in [6, 6.07) is 12.4. The maximum atomic E-state index is 12.2. The number of aromatic nitrogens is 3. The van der Waals surface area contributed by atoms with Crippen LogP contribution in [-0.4, -0.2) is 40.0 Å². The third-order valence-electron chi connectivity index (χ3n) is 5.77. The van der Waals surface area contributed by atoms with Crippen LogP contribution >= 0.6 is 0 Å². The van der Waals surface area contributed by atoms with Gasteiger partial charge in [0.15, 0.2) is 5.58 Å². The third-order valence-corrected chi connectivity index (χ3v) is 5.77. The van der Waals surface area contributed by atoms with Gasteiger partial charge in [0, 0.05) is 19.1 Å². The van der Waals surface area contributed by atoms with Crippen molar-refractivity contribution >= 4 is 39.9 Å². The van der Waals surface area contributed by atoms with Gasteiger partial charge in [-0.15, -0.1) is 0 Å². The van der Waals surface area contributed by atoms with Gasteiger partial charge in [0.25, 0.3) is 6.01 Å². The van der Waals surface area contributed by atoms with Gasteiger partial charge in [0.2, 0.25) is 5.91 Å². The highest BCUT2D eigenvalue weighted by molar-refractivity contribution is 5.86. The fourth-order valence-electron chi connectivity index (χ4n) is 3.84. The lowest BCUT2D eigenvalue weighted by Crippen LogP contribution is -2.54. The minimum Gasteiger partial charge on any atom is -0.424 e. The van der Waals surface area contributed by atoms with Gasteiger partial charge in [-0.2, -0.15) is 4.98 Å². The molecule has 3 N–H and O–H groups in total. The molecule has 2 aromatic heterocycles. The molecule has 150 valence electrons. The van der Waals surface area contributed by atoms with Crippen molar-refractivity contribution in [2.24, 2.45) is 5.92 Å². The summed E-state index contributed by atoms with van der Waals surface area (Å²) in [5.74, 6) is 1.000. The average molecular weight is 400 g/mol. The van der Waals surface area contributed by atoms with Crippen LogP contribution in [0.2, 0.25) is 0 Å². The van der Waals surface area contributed by atoms with Crippen molar-refractivity contribution < 1.29 is 9.21 Å². The second-order valence-electron chi connectivity index (χ2n) is 8.05. The molecule has 1 aliphatic heterocycles. The van der Waals surface area contributed by atoms with Crippen molar-refractivity contribution in [3.05, 3.63) is 42.6 Å². The SMILES string of the molecule is Nc1nc2cc(-c3ccc4ncc(N5CC(C(=O)NC6CC6)C5)nc4c3)ccc2o1. The summed E-state index contributed by atoms with van der Waals surface area (Å²) in [4.78, 5) is 27.8. The van der Waals surface area contributed by atoms with Gasteiger partial charge in [0.1, 0.15) is 11.3 Å². The molecule has 0 spiro atoms. The van der Waals surface area contributed by atoms with Crippen LogP contribution in [0.15, 0.2) is 47.0 Å². The highest BCUT2D eigenvalue weighted by atomic mass is 16.4. The number of hydrogen-bond donors (Lipinski definition) is 2. The van der Waals surface area contributed by atoms with E-state index in [1.165, 1.54) is 0 Å². The number of carbonyl (C=O) groups excluding carboxylic acids is 1. The van der Waals surface area contributed by atoms with E-state index < -0.39 is 0 Å². The van der Waals surface area contributed by atoms with Crippen LogP contribution in [0.25, 0.3) is 33.3 Å². The molecule has 2 aliphatic rings. The van der Waals surface area contributed by atoms with Crippen LogP contribution in [0.3, 0.4) is 0 Å². The molecular weight excluding hydrogens is 380 g/mol. The molecule has 0 unspecified atom stereocenters. The summed E-state index contributed by atoms with van der Waals surface area (Å²) in [6.07, 6.45) is 4.00. The Kier molecular flexibility index (Phi) is 3.68. The Hall–Kier alpha value is -3.68. The number of amides is 1. The normalized spacial score (nSPS) is 16.7. The molecule has 2 aromatic carbocycles. The number of carbonyl (C=O) groups is 1. The summed E-state index contributed by atoms with van der Waals surface area (Å²) in [5, 5.41) is 3.08. The average Bonchev–Trinajstić information content (AvgIpc) is 3.43. The van der Waals surface area contributed by atoms with E-state index in [-0.39, 0.29) is 17.8 Å². The molecule has 8 nitrogen and oxygen atoms in total. The lowest BCUT2D eigenvalue weighted by Gasteiger charge is -2.38. The number of nitrogen functional groups attached to an aromatic ring is 1. The number of hydrogen-bond acceptors (Lipinski definition) is 7. The van der Waals surface area contributed by atoms with Crippen LogP contribution in [0, 0.1) is 5.92 Å². The minimum absolute atomic E-state index is 0.0380. The molecular formula is C22H20N6O2. The first-order chi connectivity index (χ1) is 14.6. The van der Waals surface area contributed by atoms with Crippen molar-refractivity contribution in [2.75, 3.05) is 23.7 Å². The van der Waals surface area contributed by atoms with Gasteiger partial charge < -0.3 is 20.4 Å². The first-order valence-electron chi connectivity index (χ1n) is 10.1. The summed E-state index contributed by atoms with van der Waals surface area (Å²) >= 11 is 0. The molecule has 0 bridgehead atoms. The Bertz CT molecular complexity index is 1290. The summed E-state index contributed by atoms with van der Waals surface area (Å²) in [7, 11) is 0. The summed E-state index contributed by atoms with van der Waals surface area (Å²) in [5.41, 5.74) is 10.7. The van der Waals surface area contributed by atoms with Crippen LogP contribution in [-0.2, 0) is 4.79 Å². The van der Waals surface area contributed by atoms with E-state index >= 15 is 0 Å². The largest absolute Gasteiger partial charge is 0.424 e. The number of anilines is 2. The van der Waals surface area contributed by atoms with E-state index in [4.69, 9.17) is 15.1 Å². The maximum absolute atomic E-state index is 12.2. The molecule has 1 amide bonds. The van der Waals surface area contributed by atoms with Crippen LogP contribution in [0.5, 0.6) is 0 Å². The predicted octanol–water partition coefficient (Wildman–Crippen LogP) is 2.74. The maximum Gasteiger partial charge on any atom is 0.292 e. The first-order valence-corrected chi connectivity index (χ1v) is 10.1. The fraction of sp³-hybridized carbons (Fsp3) is 0.273. The number of benzene rings is 2. The molecule has 30 heavy (non-hydrogen) atoms. The van der Waals surface area contributed by atoms with E-state index in [1.54, 1.807) is 6.20 Å². The number of rotatable bonds is 4. The minimum atomic E-state index is 0.0380. The number of oxazole rings is 1. The Morgan fingerprint density at radius 1 is 1.03 bits per heavy atom. The van der Waals surface area contributed by atoms with Gasteiger partial charge in [-0.3, -0.25) is 9.78 Å². The van der Waals surface area contributed by atoms with E-state index in [0.29, 0.717) is 24.7 Å². The molecule has 1 saturated carbocycles. The van der Waals surface area contributed by atoms with Crippen LogP contribution in [0.1, 0.15) is 12.8 Å². The standard InChI is InChI=1S/C22H20N6O2/c23-22-27-18-8-13(2-6-19(18)30-22)12-1-5-16-17(7-12)26-20(9-24-16)28-10-14(11-28)21(29)25-15-3-4-15/h1-2,5-9,14-15H,3-4,10-11H2,(H2,23,27)(H,25,29). The van der Waals surface area contributed by atoms with Crippen molar-refractivity contribution in [2.45, 2.75) is 18.9 Å². The van der Waals surface area contributed by atoms with Crippen molar-refractivity contribution in [1.29, 1.82) is 0 Å².